The van der Waals surface area contributed by atoms with Crippen molar-refractivity contribution in [1.82, 2.24) is 4.90 Å². The molecule has 0 atom stereocenters. The molecule has 4 nitrogen and oxygen atoms in total. The number of carbonyl (C=O) groups excluding carboxylic acids is 1. The van der Waals surface area contributed by atoms with E-state index in [1.54, 1.807) is 20.2 Å². The Bertz CT molecular complexity index is 153. The van der Waals surface area contributed by atoms with Gasteiger partial charge in [0.05, 0.1) is 12.1 Å². The summed E-state index contributed by atoms with van der Waals surface area (Å²) in [5.41, 5.74) is 0. The predicted octanol–water partition coefficient (Wildman–Crippen LogP) is 1.15. The Morgan fingerprint density at radius 3 is 1.58 bits per heavy atom. The zero-order valence-electron chi connectivity index (χ0n) is 8.03. The van der Waals surface area contributed by atoms with E-state index in [0.29, 0.717) is 6.42 Å². The highest BCUT2D eigenvalue weighted by molar-refractivity contribution is 5.45. The van der Waals surface area contributed by atoms with Crippen LogP contribution in [-0.2, 0) is 4.79 Å². The van der Waals surface area contributed by atoms with E-state index in [1.807, 2.05) is 13.0 Å². The molecule has 0 spiro atoms. The summed E-state index contributed by atoms with van der Waals surface area (Å²) in [5.74, 6) is 0. The summed E-state index contributed by atoms with van der Waals surface area (Å²) < 4.78 is 0. The van der Waals surface area contributed by atoms with Gasteiger partial charge in [0.15, 0.2) is 0 Å². The summed E-state index contributed by atoms with van der Waals surface area (Å²) in [6.45, 7) is 3.25. The van der Waals surface area contributed by atoms with Crippen LogP contribution in [0.3, 0.4) is 0 Å². The van der Waals surface area contributed by atoms with E-state index in [4.69, 9.17) is 10.5 Å². The fourth-order valence-electron chi connectivity index (χ4n) is 0. The van der Waals surface area contributed by atoms with E-state index < -0.39 is 0 Å². The van der Waals surface area contributed by atoms with Crippen molar-refractivity contribution >= 4 is 6.41 Å². The standard InChI is InChI=1S/C3H7NO.C3H5N.C2H3N/c1-4(2)3-5;1-2-3-4;1-2-3/h3H,1-2H3;2H2,1H3;1H3. The van der Waals surface area contributed by atoms with Crippen LogP contribution >= 0.6 is 0 Å². The Kier molecular flexibility index (Phi) is 31.8. The molecule has 0 rings (SSSR count). The first-order valence-electron chi connectivity index (χ1n) is 3.40. The topological polar surface area (TPSA) is 67.9 Å². The van der Waals surface area contributed by atoms with Gasteiger partial charge in [-0.15, -0.1) is 0 Å². The molecule has 0 radical (unpaired) electrons. The van der Waals surface area contributed by atoms with Crippen molar-refractivity contribution in [2.24, 2.45) is 0 Å². The molecule has 0 aromatic rings. The van der Waals surface area contributed by atoms with Crippen LogP contribution in [0.5, 0.6) is 0 Å². The molecule has 0 bridgehead atoms. The Morgan fingerprint density at radius 2 is 1.58 bits per heavy atom. The molecular formula is C8H15N3O. The molecule has 0 aromatic carbocycles. The summed E-state index contributed by atoms with van der Waals surface area (Å²) in [6, 6.07) is 3.68. The molecule has 0 N–H and O–H groups in total. The van der Waals surface area contributed by atoms with Gasteiger partial charge < -0.3 is 4.90 Å². The first-order valence-corrected chi connectivity index (χ1v) is 3.40. The van der Waals surface area contributed by atoms with Gasteiger partial charge in [0.25, 0.3) is 0 Å². The first-order chi connectivity index (χ1) is 5.60. The van der Waals surface area contributed by atoms with Crippen molar-refractivity contribution in [3.05, 3.63) is 0 Å². The molecule has 0 saturated heterocycles. The third kappa shape index (κ3) is 223. The summed E-state index contributed by atoms with van der Waals surface area (Å²) in [6.07, 6.45) is 1.38. The van der Waals surface area contributed by atoms with E-state index in [9.17, 15) is 4.79 Å². The Labute approximate surface area is 74.0 Å². The Morgan fingerprint density at radius 1 is 1.42 bits per heavy atom. The minimum atomic E-state index is 0.625. The maximum absolute atomic E-state index is 9.43. The molecule has 12 heavy (non-hydrogen) atoms. The van der Waals surface area contributed by atoms with Crippen LogP contribution < -0.4 is 0 Å². The lowest BCUT2D eigenvalue weighted by Gasteiger charge is -1.93. The van der Waals surface area contributed by atoms with Gasteiger partial charge in [-0.2, -0.15) is 10.5 Å². The maximum atomic E-state index is 9.43. The highest BCUT2D eigenvalue weighted by atomic mass is 16.1. The van der Waals surface area contributed by atoms with Crippen LogP contribution in [0.15, 0.2) is 0 Å². The average molecular weight is 169 g/mol. The van der Waals surface area contributed by atoms with Crippen molar-refractivity contribution in [3.8, 4) is 12.1 Å². The minimum absolute atomic E-state index is 0.625. The zero-order chi connectivity index (χ0) is 10.4. The molecule has 0 aromatic heterocycles. The predicted molar refractivity (Wildman–Crippen MR) is 46.9 cm³/mol. The van der Waals surface area contributed by atoms with Gasteiger partial charge in [0, 0.05) is 27.4 Å². The second-order valence-electron chi connectivity index (χ2n) is 1.80. The fraction of sp³-hybridized carbons (Fsp3) is 0.625. The van der Waals surface area contributed by atoms with Gasteiger partial charge in [-0.3, -0.25) is 4.79 Å². The molecule has 0 aliphatic heterocycles. The first kappa shape index (κ1) is 16.8. The summed E-state index contributed by atoms with van der Waals surface area (Å²) in [4.78, 5) is 10.9. The molecule has 4 heteroatoms. The Balaban J connectivity index is -0.000000105. The van der Waals surface area contributed by atoms with E-state index in [1.165, 1.54) is 11.8 Å². The van der Waals surface area contributed by atoms with E-state index >= 15 is 0 Å². The molecule has 0 unspecified atom stereocenters. The number of rotatable bonds is 1. The number of hydrogen-bond acceptors (Lipinski definition) is 3. The third-order valence-corrected chi connectivity index (χ3v) is 0.369. The van der Waals surface area contributed by atoms with Gasteiger partial charge in [-0.05, 0) is 0 Å². The third-order valence-electron chi connectivity index (χ3n) is 0.369. The van der Waals surface area contributed by atoms with Crippen molar-refractivity contribution in [2.45, 2.75) is 20.3 Å². The van der Waals surface area contributed by atoms with Crippen LogP contribution in [0.25, 0.3) is 0 Å². The smallest absolute Gasteiger partial charge is 0.209 e. The zero-order valence-corrected chi connectivity index (χ0v) is 8.03. The average Bonchev–Trinajstić information content (AvgIpc) is 2.06. The largest absolute Gasteiger partial charge is 0.351 e. The molecule has 0 saturated carbocycles. The maximum Gasteiger partial charge on any atom is 0.209 e. The van der Waals surface area contributed by atoms with E-state index in [0.717, 1.165) is 6.41 Å². The quantitative estimate of drug-likeness (QED) is 0.553. The van der Waals surface area contributed by atoms with Crippen molar-refractivity contribution in [2.75, 3.05) is 14.1 Å². The molecule has 0 aliphatic rings. The normalized spacial score (nSPS) is 5.17. The number of nitrogens with zero attached hydrogens (tertiary/aromatic N) is 3. The minimum Gasteiger partial charge on any atom is -0.351 e. The lowest BCUT2D eigenvalue weighted by molar-refractivity contribution is -0.115. The van der Waals surface area contributed by atoms with Crippen LogP contribution in [0.1, 0.15) is 20.3 Å². The second-order valence-corrected chi connectivity index (χ2v) is 1.80. The second kappa shape index (κ2) is 22.7. The molecule has 0 fully saturated rings. The number of carbonyl (C=O) groups is 1. The van der Waals surface area contributed by atoms with Crippen molar-refractivity contribution in [1.29, 1.82) is 10.5 Å². The van der Waals surface area contributed by atoms with Crippen LogP contribution in [-0.4, -0.2) is 25.4 Å². The van der Waals surface area contributed by atoms with Crippen molar-refractivity contribution in [3.63, 3.8) is 0 Å². The monoisotopic (exact) mass is 169 g/mol. The van der Waals surface area contributed by atoms with Crippen LogP contribution in [0, 0.1) is 22.7 Å². The number of amides is 1. The van der Waals surface area contributed by atoms with Gasteiger partial charge >= 0.3 is 0 Å². The lowest BCUT2D eigenvalue weighted by atomic mass is 10.6. The molecular weight excluding hydrogens is 154 g/mol. The molecule has 1 amide bonds. The Hall–Kier alpha value is -1.55. The SMILES string of the molecule is CC#N.CCC#N.CN(C)C=O. The number of nitriles is 2. The van der Waals surface area contributed by atoms with Crippen LogP contribution in [0.2, 0.25) is 0 Å². The van der Waals surface area contributed by atoms with E-state index in [2.05, 4.69) is 0 Å². The van der Waals surface area contributed by atoms with Gasteiger partial charge in [-0.1, -0.05) is 6.92 Å². The van der Waals surface area contributed by atoms with Crippen LogP contribution in [0.4, 0.5) is 0 Å². The fourth-order valence-corrected chi connectivity index (χ4v) is 0. The molecule has 0 aliphatic carbocycles. The molecule has 68 valence electrons. The van der Waals surface area contributed by atoms with Gasteiger partial charge in [-0.25, -0.2) is 0 Å². The summed E-state index contributed by atoms with van der Waals surface area (Å²) >= 11 is 0. The number of hydrogen-bond donors (Lipinski definition) is 0. The highest BCUT2D eigenvalue weighted by Gasteiger charge is 1.68. The van der Waals surface area contributed by atoms with Gasteiger partial charge in [0.2, 0.25) is 6.41 Å². The van der Waals surface area contributed by atoms with Crippen molar-refractivity contribution < 1.29 is 4.79 Å². The van der Waals surface area contributed by atoms with Gasteiger partial charge in [0.1, 0.15) is 0 Å². The summed E-state index contributed by atoms with van der Waals surface area (Å²) in [5, 5.41) is 14.9. The summed E-state index contributed by atoms with van der Waals surface area (Å²) in [7, 11) is 3.38. The molecule has 0 heterocycles. The van der Waals surface area contributed by atoms with E-state index in [-0.39, 0.29) is 0 Å². The lowest BCUT2D eigenvalue weighted by Crippen LogP contribution is -2.06. The highest BCUT2D eigenvalue weighted by Crippen LogP contribution is 1.58.